The van der Waals surface area contributed by atoms with Crippen LogP contribution < -0.4 is 5.56 Å². The van der Waals surface area contributed by atoms with Crippen LogP contribution in [0.4, 0.5) is 0 Å². The summed E-state index contributed by atoms with van der Waals surface area (Å²) < 4.78 is 1.49. The second-order valence-corrected chi connectivity index (χ2v) is 5.34. The Hall–Kier alpha value is -2.10. The molecule has 0 spiro atoms. The van der Waals surface area contributed by atoms with Gasteiger partial charge in [-0.25, -0.2) is 0 Å². The molecule has 0 aliphatic rings. The van der Waals surface area contributed by atoms with Gasteiger partial charge in [-0.05, 0) is 23.1 Å². The second-order valence-electron chi connectivity index (χ2n) is 4.90. The summed E-state index contributed by atoms with van der Waals surface area (Å²) in [7, 11) is 1.67. The molecule has 0 saturated heterocycles. The Kier molecular flexibility index (Phi) is 3.53. The quantitative estimate of drug-likeness (QED) is 0.788. The van der Waals surface area contributed by atoms with Gasteiger partial charge in [-0.2, -0.15) is 0 Å². The Morgan fingerprint density at radius 3 is 2.48 bits per heavy atom. The third-order valence-corrected chi connectivity index (χ3v) is 3.93. The van der Waals surface area contributed by atoms with Gasteiger partial charge in [0.25, 0.3) is 5.56 Å². The Bertz CT molecular complexity index is 869. The lowest BCUT2D eigenvalue weighted by Gasteiger charge is -2.16. The standard InChI is InChI=1S/C17H14ClNO2/c1-19-15(10-20)16(11-5-3-2-4-6-11)13-8-7-12(18)9-14(13)17(19)21/h2-9,20H,10H2,1H3. The summed E-state index contributed by atoms with van der Waals surface area (Å²) in [5.41, 5.74) is 2.27. The van der Waals surface area contributed by atoms with Crippen LogP contribution in [0.15, 0.2) is 53.3 Å². The Balaban J connectivity index is 2.52. The van der Waals surface area contributed by atoms with E-state index in [1.165, 1.54) is 4.57 Å². The molecule has 106 valence electrons. The van der Waals surface area contributed by atoms with E-state index in [9.17, 15) is 9.90 Å². The number of rotatable bonds is 2. The van der Waals surface area contributed by atoms with Gasteiger partial charge in [-0.1, -0.05) is 48.0 Å². The third kappa shape index (κ3) is 2.24. The van der Waals surface area contributed by atoms with Gasteiger partial charge in [0.2, 0.25) is 0 Å². The largest absolute Gasteiger partial charge is 0.390 e. The van der Waals surface area contributed by atoms with Crippen molar-refractivity contribution in [2.75, 3.05) is 0 Å². The van der Waals surface area contributed by atoms with E-state index in [-0.39, 0.29) is 12.2 Å². The summed E-state index contributed by atoms with van der Waals surface area (Å²) >= 11 is 6.02. The van der Waals surface area contributed by atoms with Crippen LogP contribution in [-0.2, 0) is 13.7 Å². The average Bonchev–Trinajstić information content (AvgIpc) is 2.51. The van der Waals surface area contributed by atoms with Crippen molar-refractivity contribution < 1.29 is 5.11 Å². The lowest BCUT2D eigenvalue weighted by molar-refractivity contribution is 0.272. The maximum atomic E-state index is 12.4. The highest BCUT2D eigenvalue weighted by Crippen LogP contribution is 2.31. The fourth-order valence-electron chi connectivity index (χ4n) is 2.65. The molecule has 0 aliphatic carbocycles. The van der Waals surface area contributed by atoms with Crippen molar-refractivity contribution in [3.63, 3.8) is 0 Å². The number of nitrogens with zero attached hydrogens (tertiary/aromatic N) is 1. The molecule has 0 atom stereocenters. The molecular weight excluding hydrogens is 286 g/mol. The highest BCUT2D eigenvalue weighted by Gasteiger charge is 2.15. The maximum Gasteiger partial charge on any atom is 0.258 e. The molecule has 1 heterocycles. The molecule has 4 heteroatoms. The zero-order chi connectivity index (χ0) is 15.0. The van der Waals surface area contributed by atoms with Crippen LogP contribution in [0.1, 0.15) is 5.69 Å². The Morgan fingerprint density at radius 1 is 1.10 bits per heavy atom. The number of hydrogen-bond acceptors (Lipinski definition) is 2. The molecule has 0 bridgehead atoms. The van der Waals surface area contributed by atoms with E-state index in [1.54, 1.807) is 19.2 Å². The highest BCUT2D eigenvalue weighted by atomic mass is 35.5. The number of fused-ring (bicyclic) bond motifs is 1. The van der Waals surface area contributed by atoms with Gasteiger partial charge in [-0.15, -0.1) is 0 Å². The summed E-state index contributed by atoms with van der Waals surface area (Å²) in [6, 6.07) is 15.0. The average molecular weight is 300 g/mol. The number of pyridine rings is 1. The van der Waals surface area contributed by atoms with Gasteiger partial charge >= 0.3 is 0 Å². The van der Waals surface area contributed by atoms with Crippen LogP contribution in [0.3, 0.4) is 0 Å². The SMILES string of the molecule is Cn1c(CO)c(-c2ccccc2)c2ccc(Cl)cc2c1=O. The van der Waals surface area contributed by atoms with E-state index >= 15 is 0 Å². The molecule has 2 aromatic carbocycles. The van der Waals surface area contributed by atoms with Crippen molar-refractivity contribution in [3.8, 4) is 11.1 Å². The van der Waals surface area contributed by atoms with Crippen molar-refractivity contribution in [1.29, 1.82) is 0 Å². The molecule has 0 aliphatic heterocycles. The van der Waals surface area contributed by atoms with Crippen molar-refractivity contribution in [2.24, 2.45) is 7.05 Å². The van der Waals surface area contributed by atoms with Gasteiger partial charge in [0.1, 0.15) is 0 Å². The summed E-state index contributed by atoms with van der Waals surface area (Å²) in [6.07, 6.45) is 0. The molecule has 3 nitrogen and oxygen atoms in total. The van der Waals surface area contributed by atoms with E-state index in [0.29, 0.717) is 16.1 Å². The van der Waals surface area contributed by atoms with Crippen molar-refractivity contribution in [1.82, 2.24) is 4.57 Å². The molecular formula is C17H14ClNO2. The first-order valence-corrected chi connectivity index (χ1v) is 6.98. The van der Waals surface area contributed by atoms with Crippen LogP contribution in [0.2, 0.25) is 5.02 Å². The van der Waals surface area contributed by atoms with Crippen LogP contribution in [-0.4, -0.2) is 9.67 Å². The lowest BCUT2D eigenvalue weighted by atomic mass is 9.97. The number of aliphatic hydroxyl groups excluding tert-OH is 1. The molecule has 1 N–H and O–H groups in total. The number of aliphatic hydroxyl groups is 1. The van der Waals surface area contributed by atoms with Gasteiger partial charge in [0.05, 0.1) is 12.3 Å². The summed E-state index contributed by atoms with van der Waals surface area (Å²) in [4.78, 5) is 12.4. The first kappa shape index (κ1) is 13.9. The zero-order valence-electron chi connectivity index (χ0n) is 11.5. The zero-order valence-corrected chi connectivity index (χ0v) is 12.3. The highest BCUT2D eigenvalue weighted by molar-refractivity contribution is 6.31. The van der Waals surface area contributed by atoms with E-state index in [0.717, 1.165) is 16.5 Å². The third-order valence-electron chi connectivity index (χ3n) is 3.69. The minimum absolute atomic E-state index is 0.156. The minimum Gasteiger partial charge on any atom is -0.390 e. The van der Waals surface area contributed by atoms with Gasteiger partial charge in [0.15, 0.2) is 0 Å². The summed E-state index contributed by atoms with van der Waals surface area (Å²) in [6.45, 7) is -0.200. The second kappa shape index (κ2) is 5.35. The number of aromatic nitrogens is 1. The summed E-state index contributed by atoms with van der Waals surface area (Å²) in [5, 5.41) is 11.6. The fourth-order valence-corrected chi connectivity index (χ4v) is 2.82. The van der Waals surface area contributed by atoms with Crippen LogP contribution in [0.25, 0.3) is 21.9 Å². The molecule has 0 fully saturated rings. The summed E-state index contributed by atoms with van der Waals surface area (Å²) in [5.74, 6) is 0. The number of halogens is 1. The molecule has 3 aromatic rings. The first-order chi connectivity index (χ1) is 10.1. The van der Waals surface area contributed by atoms with Crippen LogP contribution in [0.5, 0.6) is 0 Å². The molecule has 0 saturated carbocycles. The van der Waals surface area contributed by atoms with E-state index in [2.05, 4.69) is 0 Å². The lowest BCUT2D eigenvalue weighted by Crippen LogP contribution is -2.22. The Labute approximate surface area is 127 Å². The Morgan fingerprint density at radius 2 is 1.81 bits per heavy atom. The van der Waals surface area contributed by atoms with Crippen LogP contribution >= 0.6 is 11.6 Å². The van der Waals surface area contributed by atoms with Crippen molar-refractivity contribution in [2.45, 2.75) is 6.61 Å². The van der Waals surface area contributed by atoms with E-state index in [4.69, 9.17) is 11.6 Å². The topological polar surface area (TPSA) is 42.2 Å². The van der Waals surface area contributed by atoms with Gasteiger partial charge in [-0.3, -0.25) is 4.79 Å². The van der Waals surface area contributed by atoms with Crippen LogP contribution in [0, 0.1) is 0 Å². The smallest absolute Gasteiger partial charge is 0.258 e. The molecule has 0 amide bonds. The fraction of sp³-hybridized carbons (Fsp3) is 0.118. The predicted octanol–water partition coefficient (Wildman–Crippen LogP) is 3.35. The normalized spacial score (nSPS) is 11.0. The molecule has 0 unspecified atom stereocenters. The minimum atomic E-state index is -0.200. The predicted molar refractivity (Wildman–Crippen MR) is 85.6 cm³/mol. The number of benzene rings is 2. The van der Waals surface area contributed by atoms with E-state index in [1.807, 2.05) is 36.4 Å². The number of hydrogen-bond donors (Lipinski definition) is 1. The van der Waals surface area contributed by atoms with Gasteiger partial charge < -0.3 is 9.67 Å². The van der Waals surface area contributed by atoms with Crippen molar-refractivity contribution >= 4 is 22.4 Å². The van der Waals surface area contributed by atoms with Gasteiger partial charge in [0, 0.05) is 23.0 Å². The molecule has 1 aromatic heterocycles. The maximum absolute atomic E-state index is 12.4. The monoisotopic (exact) mass is 299 g/mol. The molecule has 21 heavy (non-hydrogen) atoms. The molecule has 0 radical (unpaired) electrons. The molecule has 3 rings (SSSR count). The first-order valence-electron chi connectivity index (χ1n) is 6.61. The van der Waals surface area contributed by atoms with E-state index < -0.39 is 0 Å². The van der Waals surface area contributed by atoms with Crippen molar-refractivity contribution in [3.05, 3.63) is 69.6 Å².